The van der Waals surface area contributed by atoms with Crippen molar-refractivity contribution in [2.24, 2.45) is 11.1 Å². The van der Waals surface area contributed by atoms with Gasteiger partial charge in [0.1, 0.15) is 0 Å². The average Bonchev–Trinajstić information content (AvgIpc) is 2.25. The molecule has 0 heterocycles. The fourth-order valence-electron chi connectivity index (χ4n) is 1.88. The molecule has 0 aliphatic rings. The van der Waals surface area contributed by atoms with Gasteiger partial charge in [-0.15, -0.1) is 0 Å². The molecule has 3 heteroatoms. The molecule has 0 amide bonds. The van der Waals surface area contributed by atoms with Gasteiger partial charge in [-0.25, -0.2) is 0 Å². The lowest BCUT2D eigenvalue weighted by Gasteiger charge is -2.37. The van der Waals surface area contributed by atoms with Crippen LogP contribution in [0.25, 0.3) is 0 Å². The first-order valence-electron chi connectivity index (χ1n) is 6.42. The number of benzene rings is 1. The maximum Gasteiger partial charge on any atom is 0.0642 e. The van der Waals surface area contributed by atoms with Crippen molar-refractivity contribution in [2.75, 3.05) is 11.9 Å². The summed E-state index contributed by atoms with van der Waals surface area (Å²) in [5.74, 6) is 0. The lowest BCUT2D eigenvalue weighted by molar-refractivity contribution is 0.330. The van der Waals surface area contributed by atoms with Crippen LogP contribution >= 0.6 is 11.6 Å². The summed E-state index contributed by atoms with van der Waals surface area (Å²) in [6.07, 6.45) is 0. The van der Waals surface area contributed by atoms with Crippen molar-refractivity contribution in [3.05, 3.63) is 28.8 Å². The van der Waals surface area contributed by atoms with Crippen LogP contribution in [0.2, 0.25) is 5.02 Å². The molecule has 1 rings (SSSR count). The van der Waals surface area contributed by atoms with Crippen molar-refractivity contribution < 1.29 is 0 Å². The highest BCUT2D eigenvalue weighted by atomic mass is 35.5. The molecule has 1 aromatic rings. The molecule has 0 aliphatic carbocycles. The lowest BCUT2D eigenvalue weighted by atomic mass is 9.87. The second-order valence-electron chi connectivity index (χ2n) is 6.15. The minimum Gasteiger partial charge on any atom is -0.370 e. The van der Waals surface area contributed by atoms with E-state index in [9.17, 15) is 0 Å². The van der Waals surface area contributed by atoms with Crippen LogP contribution in [0.1, 0.15) is 46.2 Å². The Morgan fingerprint density at radius 3 is 2.17 bits per heavy atom. The van der Waals surface area contributed by atoms with Gasteiger partial charge in [0.25, 0.3) is 0 Å². The van der Waals surface area contributed by atoms with Crippen molar-refractivity contribution >= 4 is 17.3 Å². The van der Waals surface area contributed by atoms with E-state index in [4.69, 9.17) is 17.3 Å². The van der Waals surface area contributed by atoms with Gasteiger partial charge in [0.2, 0.25) is 0 Å². The number of hydrogen-bond donors (Lipinski definition) is 1. The molecule has 1 aromatic carbocycles. The molecule has 0 radical (unpaired) electrons. The van der Waals surface area contributed by atoms with Crippen LogP contribution in [-0.4, -0.2) is 13.1 Å². The number of halogens is 1. The highest BCUT2D eigenvalue weighted by Crippen LogP contribution is 2.33. The number of rotatable bonds is 3. The average molecular weight is 269 g/mol. The quantitative estimate of drug-likeness (QED) is 0.889. The van der Waals surface area contributed by atoms with Crippen LogP contribution in [0.15, 0.2) is 18.2 Å². The van der Waals surface area contributed by atoms with Crippen LogP contribution in [0.3, 0.4) is 0 Å². The van der Waals surface area contributed by atoms with Crippen molar-refractivity contribution in [1.29, 1.82) is 0 Å². The fourth-order valence-corrected chi connectivity index (χ4v) is 2.20. The molecule has 0 aromatic heterocycles. The van der Waals surface area contributed by atoms with E-state index in [1.165, 1.54) is 0 Å². The highest BCUT2D eigenvalue weighted by Gasteiger charge is 2.25. The normalized spacial score (nSPS) is 15.3. The second-order valence-corrected chi connectivity index (χ2v) is 6.56. The third-order valence-corrected chi connectivity index (χ3v) is 4.01. The minimum absolute atomic E-state index is 0.0156. The molecule has 102 valence electrons. The van der Waals surface area contributed by atoms with E-state index in [1.807, 2.05) is 13.0 Å². The molecular formula is C15H25ClN2. The smallest absolute Gasteiger partial charge is 0.0642 e. The molecule has 0 spiro atoms. The Hall–Kier alpha value is -0.730. The fraction of sp³-hybridized carbons (Fsp3) is 0.600. The summed E-state index contributed by atoms with van der Waals surface area (Å²) in [6, 6.07) is 6.49. The first kappa shape index (κ1) is 15.3. The predicted octanol–water partition coefficient (Wildman–Crippen LogP) is 4.23. The molecule has 2 nitrogen and oxygen atoms in total. The molecule has 1 unspecified atom stereocenters. The van der Waals surface area contributed by atoms with Gasteiger partial charge in [0.15, 0.2) is 0 Å². The Kier molecular flexibility index (Phi) is 4.68. The van der Waals surface area contributed by atoms with Crippen LogP contribution in [0.5, 0.6) is 0 Å². The van der Waals surface area contributed by atoms with Crippen molar-refractivity contribution in [2.45, 2.75) is 46.7 Å². The van der Waals surface area contributed by atoms with E-state index < -0.39 is 0 Å². The Morgan fingerprint density at radius 2 is 1.78 bits per heavy atom. The summed E-state index contributed by atoms with van der Waals surface area (Å²) >= 11 is 6.37. The van der Waals surface area contributed by atoms with Crippen molar-refractivity contribution in [3.8, 4) is 0 Å². The zero-order chi connectivity index (χ0) is 14.1. The van der Waals surface area contributed by atoms with E-state index in [0.717, 1.165) is 16.3 Å². The number of nitrogens with two attached hydrogens (primary N) is 1. The SMILES string of the molecule is CC(N(C)c1ccc([C@@H](C)N)cc1Cl)C(C)(C)C. The Morgan fingerprint density at radius 1 is 1.22 bits per heavy atom. The molecule has 0 bridgehead atoms. The van der Waals surface area contributed by atoms with Crippen molar-refractivity contribution in [1.82, 2.24) is 0 Å². The zero-order valence-electron chi connectivity index (χ0n) is 12.3. The van der Waals surface area contributed by atoms with E-state index in [0.29, 0.717) is 6.04 Å². The molecule has 0 saturated carbocycles. The molecule has 2 atom stereocenters. The minimum atomic E-state index is 0.0156. The summed E-state index contributed by atoms with van der Waals surface area (Å²) in [5, 5.41) is 0.767. The number of nitrogens with zero attached hydrogens (tertiary/aromatic N) is 1. The number of hydrogen-bond acceptors (Lipinski definition) is 2. The van der Waals surface area contributed by atoms with E-state index in [-0.39, 0.29) is 11.5 Å². The first-order valence-corrected chi connectivity index (χ1v) is 6.80. The summed E-state index contributed by atoms with van der Waals surface area (Å²) in [7, 11) is 2.09. The summed E-state index contributed by atoms with van der Waals surface area (Å²) in [6.45, 7) is 10.9. The van der Waals surface area contributed by atoms with Crippen LogP contribution in [0, 0.1) is 5.41 Å². The van der Waals surface area contributed by atoms with Crippen molar-refractivity contribution in [3.63, 3.8) is 0 Å². The van der Waals surface area contributed by atoms with Gasteiger partial charge in [0, 0.05) is 19.1 Å². The van der Waals surface area contributed by atoms with E-state index in [1.54, 1.807) is 0 Å². The third-order valence-electron chi connectivity index (χ3n) is 3.71. The monoisotopic (exact) mass is 268 g/mol. The lowest BCUT2D eigenvalue weighted by Crippen LogP contribution is -2.39. The maximum atomic E-state index is 6.37. The largest absolute Gasteiger partial charge is 0.370 e. The summed E-state index contributed by atoms with van der Waals surface area (Å²) in [4.78, 5) is 2.23. The second kappa shape index (κ2) is 5.50. The third kappa shape index (κ3) is 3.39. The Labute approximate surface area is 116 Å². The van der Waals surface area contributed by atoms with Gasteiger partial charge < -0.3 is 10.6 Å². The maximum absolute atomic E-state index is 6.37. The van der Waals surface area contributed by atoms with Crippen LogP contribution in [0.4, 0.5) is 5.69 Å². The standard InChI is InChI=1S/C15H25ClN2/c1-10(17)12-7-8-14(13(16)9-12)18(6)11(2)15(3,4)5/h7-11H,17H2,1-6H3/t10-,11?/m1/s1. The van der Waals surface area contributed by atoms with Gasteiger partial charge in [-0.05, 0) is 37.0 Å². The molecule has 0 fully saturated rings. The molecular weight excluding hydrogens is 244 g/mol. The van der Waals surface area contributed by atoms with Gasteiger partial charge in [-0.2, -0.15) is 0 Å². The predicted molar refractivity (Wildman–Crippen MR) is 81.4 cm³/mol. The van der Waals surface area contributed by atoms with Gasteiger partial charge >= 0.3 is 0 Å². The van der Waals surface area contributed by atoms with E-state index in [2.05, 4.69) is 51.8 Å². The van der Waals surface area contributed by atoms with Crippen LogP contribution < -0.4 is 10.6 Å². The topological polar surface area (TPSA) is 29.3 Å². The van der Waals surface area contributed by atoms with Gasteiger partial charge in [-0.1, -0.05) is 38.4 Å². The van der Waals surface area contributed by atoms with E-state index >= 15 is 0 Å². The summed E-state index contributed by atoms with van der Waals surface area (Å²) in [5.41, 5.74) is 8.20. The van der Waals surface area contributed by atoms with Gasteiger partial charge in [0.05, 0.1) is 10.7 Å². The highest BCUT2D eigenvalue weighted by molar-refractivity contribution is 6.33. The Bertz CT molecular complexity index is 407. The molecule has 18 heavy (non-hydrogen) atoms. The Balaban J connectivity index is 3.04. The molecule has 0 saturated heterocycles. The van der Waals surface area contributed by atoms with Crippen LogP contribution in [-0.2, 0) is 0 Å². The zero-order valence-corrected chi connectivity index (χ0v) is 13.0. The van der Waals surface area contributed by atoms with Gasteiger partial charge in [-0.3, -0.25) is 0 Å². The summed E-state index contributed by atoms with van der Waals surface area (Å²) < 4.78 is 0. The number of anilines is 1. The molecule has 0 aliphatic heterocycles. The molecule has 2 N–H and O–H groups in total. The first-order chi connectivity index (χ1) is 8.14.